The summed E-state index contributed by atoms with van der Waals surface area (Å²) in [5.41, 5.74) is 1.20. The summed E-state index contributed by atoms with van der Waals surface area (Å²) in [4.78, 5) is 11.6. The monoisotopic (exact) mass is 233 g/mol. The summed E-state index contributed by atoms with van der Waals surface area (Å²) in [6.07, 6.45) is 3.49. The number of carbonyl (C=O) groups excluding carboxylic acids is 1. The minimum Gasteiger partial charge on any atom is -0.351 e. The molecule has 0 aromatic heterocycles. The van der Waals surface area contributed by atoms with E-state index in [4.69, 9.17) is 0 Å². The zero-order valence-corrected chi connectivity index (χ0v) is 11.1. The van der Waals surface area contributed by atoms with Gasteiger partial charge in [-0.2, -0.15) is 0 Å². The molecule has 2 nitrogen and oxygen atoms in total. The van der Waals surface area contributed by atoms with Crippen molar-refractivity contribution in [2.24, 2.45) is 0 Å². The predicted octanol–water partition coefficient (Wildman–Crippen LogP) is 3.31. The third kappa shape index (κ3) is 5.53. The predicted molar refractivity (Wildman–Crippen MR) is 71.9 cm³/mol. The topological polar surface area (TPSA) is 29.1 Å². The van der Waals surface area contributed by atoms with E-state index in [1.807, 2.05) is 13.0 Å². The summed E-state index contributed by atoms with van der Waals surface area (Å²) in [6, 6.07) is 10.4. The van der Waals surface area contributed by atoms with Crippen LogP contribution in [0.15, 0.2) is 30.3 Å². The van der Waals surface area contributed by atoms with E-state index in [-0.39, 0.29) is 11.4 Å². The first-order chi connectivity index (χ1) is 8.03. The molecule has 0 aliphatic rings. The summed E-state index contributed by atoms with van der Waals surface area (Å²) in [6.45, 7) is 6.20. The minimum absolute atomic E-state index is 0.123. The molecular formula is C15H23NO. The first kappa shape index (κ1) is 13.8. The van der Waals surface area contributed by atoms with Crippen LogP contribution in [0.25, 0.3) is 0 Å². The van der Waals surface area contributed by atoms with Gasteiger partial charge in [-0.15, -0.1) is 0 Å². The zero-order valence-electron chi connectivity index (χ0n) is 11.1. The van der Waals surface area contributed by atoms with Crippen molar-refractivity contribution in [1.29, 1.82) is 0 Å². The Hall–Kier alpha value is -1.31. The molecule has 17 heavy (non-hydrogen) atoms. The second kappa shape index (κ2) is 6.43. The zero-order chi connectivity index (χ0) is 12.7. The lowest BCUT2D eigenvalue weighted by Gasteiger charge is -2.26. The maximum atomic E-state index is 11.6. The molecule has 1 rings (SSSR count). The summed E-state index contributed by atoms with van der Waals surface area (Å²) >= 11 is 0. The van der Waals surface area contributed by atoms with Crippen molar-refractivity contribution < 1.29 is 4.79 Å². The Kier molecular flexibility index (Phi) is 5.20. The van der Waals surface area contributed by atoms with Crippen molar-refractivity contribution in [3.05, 3.63) is 35.9 Å². The third-order valence-electron chi connectivity index (χ3n) is 2.84. The molecule has 1 aromatic carbocycles. The molecular weight excluding hydrogens is 210 g/mol. The highest BCUT2D eigenvalue weighted by Crippen LogP contribution is 2.13. The number of amides is 1. The summed E-state index contributed by atoms with van der Waals surface area (Å²) < 4.78 is 0. The standard InChI is InChI=1S/C15H23NO/c1-4-8-14(17)16-15(2,3)12-11-13-9-6-5-7-10-13/h5-7,9-10H,4,8,11-12H2,1-3H3,(H,16,17). The highest BCUT2D eigenvalue weighted by Gasteiger charge is 2.19. The van der Waals surface area contributed by atoms with Crippen molar-refractivity contribution >= 4 is 5.91 Å². The van der Waals surface area contributed by atoms with E-state index in [2.05, 4.69) is 43.4 Å². The van der Waals surface area contributed by atoms with Gasteiger partial charge in [-0.25, -0.2) is 0 Å². The highest BCUT2D eigenvalue weighted by atomic mass is 16.1. The smallest absolute Gasteiger partial charge is 0.220 e. The molecule has 0 aliphatic carbocycles. The molecule has 0 radical (unpaired) electrons. The normalized spacial score (nSPS) is 11.2. The Morgan fingerprint density at radius 3 is 2.47 bits per heavy atom. The highest BCUT2D eigenvalue weighted by molar-refractivity contribution is 5.76. The van der Waals surface area contributed by atoms with Gasteiger partial charge in [0.15, 0.2) is 0 Å². The number of benzene rings is 1. The SMILES string of the molecule is CCCC(=O)NC(C)(C)CCc1ccccc1. The van der Waals surface area contributed by atoms with Crippen LogP contribution in [0.3, 0.4) is 0 Å². The van der Waals surface area contributed by atoms with Crippen LogP contribution in [-0.2, 0) is 11.2 Å². The molecule has 0 heterocycles. The van der Waals surface area contributed by atoms with Crippen LogP contribution in [0.1, 0.15) is 45.6 Å². The van der Waals surface area contributed by atoms with Gasteiger partial charge in [0.2, 0.25) is 5.91 Å². The fourth-order valence-electron chi connectivity index (χ4n) is 1.83. The molecule has 94 valence electrons. The van der Waals surface area contributed by atoms with Gasteiger partial charge in [0, 0.05) is 12.0 Å². The van der Waals surface area contributed by atoms with E-state index in [0.29, 0.717) is 6.42 Å². The van der Waals surface area contributed by atoms with Gasteiger partial charge in [-0.1, -0.05) is 37.3 Å². The Labute approximate surface area is 104 Å². The summed E-state index contributed by atoms with van der Waals surface area (Å²) in [5, 5.41) is 3.09. The van der Waals surface area contributed by atoms with Crippen molar-refractivity contribution in [2.75, 3.05) is 0 Å². The molecule has 1 N–H and O–H groups in total. The first-order valence-electron chi connectivity index (χ1n) is 6.38. The number of carbonyl (C=O) groups is 1. The van der Waals surface area contributed by atoms with Gasteiger partial charge in [0.05, 0.1) is 0 Å². The lowest BCUT2D eigenvalue weighted by atomic mass is 9.95. The maximum absolute atomic E-state index is 11.6. The number of aryl methyl sites for hydroxylation is 1. The molecule has 0 spiro atoms. The Bertz CT molecular complexity index is 343. The summed E-state index contributed by atoms with van der Waals surface area (Å²) in [5.74, 6) is 0.158. The van der Waals surface area contributed by atoms with Crippen LogP contribution in [0.2, 0.25) is 0 Å². The van der Waals surface area contributed by atoms with E-state index in [1.54, 1.807) is 0 Å². The van der Waals surface area contributed by atoms with E-state index >= 15 is 0 Å². The largest absolute Gasteiger partial charge is 0.351 e. The van der Waals surface area contributed by atoms with Gasteiger partial charge in [0.25, 0.3) is 0 Å². The van der Waals surface area contributed by atoms with Gasteiger partial charge in [0.1, 0.15) is 0 Å². The van der Waals surface area contributed by atoms with E-state index < -0.39 is 0 Å². The van der Waals surface area contributed by atoms with Crippen LogP contribution >= 0.6 is 0 Å². The van der Waals surface area contributed by atoms with Crippen LogP contribution in [0.5, 0.6) is 0 Å². The average molecular weight is 233 g/mol. The van der Waals surface area contributed by atoms with Crippen molar-refractivity contribution in [2.45, 2.75) is 52.0 Å². The Balaban J connectivity index is 2.41. The fraction of sp³-hybridized carbons (Fsp3) is 0.533. The molecule has 0 saturated carbocycles. The van der Waals surface area contributed by atoms with Crippen LogP contribution in [0, 0.1) is 0 Å². The number of nitrogens with one attached hydrogen (secondary N) is 1. The molecule has 0 aliphatic heterocycles. The Morgan fingerprint density at radius 1 is 1.24 bits per heavy atom. The van der Waals surface area contributed by atoms with Gasteiger partial charge < -0.3 is 5.32 Å². The molecule has 1 aromatic rings. The first-order valence-corrected chi connectivity index (χ1v) is 6.38. The van der Waals surface area contributed by atoms with Gasteiger partial charge in [-0.3, -0.25) is 4.79 Å². The van der Waals surface area contributed by atoms with Crippen LogP contribution in [-0.4, -0.2) is 11.4 Å². The second-order valence-electron chi connectivity index (χ2n) is 5.17. The van der Waals surface area contributed by atoms with Crippen molar-refractivity contribution in [3.63, 3.8) is 0 Å². The number of rotatable bonds is 6. The molecule has 2 heteroatoms. The molecule has 0 fully saturated rings. The van der Waals surface area contributed by atoms with Crippen molar-refractivity contribution in [3.8, 4) is 0 Å². The number of hydrogen-bond acceptors (Lipinski definition) is 1. The maximum Gasteiger partial charge on any atom is 0.220 e. The van der Waals surface area contributed by atoms with E-state index in [9.17, 15) is 4.79 Å². The third-order valence-corrected chi connectivity index (χ3v) is 2.84. The van der Waals surface area contributed by atoms with E-state index in [1.165, 1.54) is 5.56 Å². The van der Waals surface area contributed by atoms with Crippen LogP contribution in [0.4, 0.5) is 0 Å². The lowest BCUT2D eigenvalue weighted by molar-refractivity contribution is -0.122. The molecule has 0 unspecified atom stereocenters. The fourth-order valence-corrected chi connectivity index (χ4v) is 1.83. The molecule has 0 saturated heterocycles. The molecule has 0 bridgehead atoms. The summed E-state index contributed by atoms with van der Waals surface area (Å²) in [7, 11) is 0. The quantitative estimate of drug-likeness (QED) is 0.802. The van der Waals surface area contributed by atoms with Gasteiger partial charge >= 0.3 is 0 Å². The average Bonchev–Trinajstić information content (AvgIpc) is 2.27. The molecule has 0 atom stereocenters. The van der Waals surface area contributed by atoms with Crippen molar-refractivity contribution in [1.82, 2.24) is 5.32 Å². The Morgan fingerprint density at radius 2 is 1.88 bits per heavy atom. The lowest BCUT2D eigenvalue weighted by Crippen LogP contribution is -2.43. The second-order valence-corrected chi connectivity index (χ2v) is 5.17. The molecule has 1 amide bonds. The minimum atomic E-state index is -0.123. The van der Waals surface area contributed by atoms with Gasteiger partial charge in [-0.05, 0) is 38.7 Å². The van der Waals surface area contributed by atoms with E-state index in [0.717, 1.165) is 19.3 Å². The van der Waals surface area contributed by atoms with Crippen LogP contribution < -0.4 is 5.32 Å². The number of hydrogen-bond donors (Lipinski definition) is 1.